The van der Waals surface area contributed by atoms with Crippen LogP contribution >= 0.6 is 0 Å². The first kappa shape index (κ1) is 19.6. The molecule has 9 nitrogen and oxygen atoms in total. The van der Waals surface area contributed by atoms with Crippen LogP contribution < -0.4 is 4.90 Å². The molecule has 3 rings (SSSR count). The zero-order chi connectivity index (χ0) is 20.6. The highest BCUT2D eigenvalue weighted by Gasteiger charge is 2.34. The molecular formula is C16H17F3N6O3. The molecule has 1 fully saturated rings. The van der Waals surface area contributed by atoms with Crippen molar-refractivity contribution in [1.82, 2.24) is 24.6 Å². The van der Waals surface area contributed by atoms with Crippen molar-refractivity contribution >= 4 is 17.8 Å². The minimum absolute atomic E-state index is 0.0523. The number of hydrogen-bond acceptors (Lipinski definition) is 6. The summed E-state index contributed by atoms with van der Waals surface area (Å²) in [4.78, 5) is 34.5. The molecule has 0 aliphatic carbocycles. The average Bonchev–Trinajstić information content (AvgIpc) is 3.02. The number of aromatic nitrogens is 4. The van der Waals surface area contributed by atoms with E-state index in [1.54, 1.807) is 4.90 Å². The lowest BCUT2D eigenvalue weighted by Crippen LogP contribution is -2.49. The number of carbonyl (C=O) groups excluding carboxylic acids is 1. The molecule has 3 heterocycles. The summed E-state index contributed by atoms with van der Waals surface area (Å²) in [6, 6.07) is 0.873. The van der Waals surface area contributed by atoms with Gasteiger partial charge in [0.15, 0.2) is 5.69 Å². The summed E-state index contributed by atoms with van der Waals surface area (Å²) >= 11 is 0. The van der Waals surface area contributed by atoms with Gasteiger partial charge in [0, 0.05) is 45.1 Å². The van der Waals surface area contributed by atoms with Crippen molar-refractivity contribution in [3.05, 3.63) is 34.9 Å². The fourth-order valence-electron chi connectivity index (χ4n) is 2.90. The van der Waals surface area contributed by atoms with E-state index in [9.17, 15) is 27.9 Å². The number of aryl methyl sites for hydroxylation is 2. The maximum atomic E-state index is 13.0. The standard InChI is InChI=1S/C16H17F3N6O3/c1-9-7-11(16(17,18)19)21-15(20-9)25-5-3-24(4-6-25)13(26)12-10(14(27)28)8-23(2)22-12/h7-8H,3-6H2,1-2H3,(H,27,28). The molecule has 0 radical (unpaired) electrons. The number of hydrogen-bond donors (Lipinski definition) is 1. The van der Waals surface area contributed by atoms with Gasteiger partial charge in [-0.1, -0.05) is 0 Å². The number of carboxylic acid groups (broad SMARTS) is 1. The van der Waals surface area contributed by atoms with E-state index in [0.717, 1.165) is 6.07 Å². The third kappa shape index (κ3) is 3.89. The number of amides is 1. The van der Waals surface area contributed by atoms with Gasteiger partial charge in [0.2, 0.25) is 5.95 Å². The molecule has 0 spiro atoms. The molecule has 1 amide bonds. The Hall–Kier alpha value is -3.18. The molecule has 1 N–H and O–H groups in total. The van der Waals surface area contributed by atoms with E-state index in [2.05, 4.69) is 15.1 Å². The van der Waals surface area contributed by atoms with Crippen LogP contribution in [0.3, 0.4) is 0 Å². The van der Waals surface area contributed by atoms with Crippen LogP contribution in [0, 0.1) is 6.92 Å². The Morgan fingerprint density at radius 2 is 1.79 bits per heavy atom. The number of carbonyl (C=O) groups is 2. The highest BCUT2D eigenvalue weighted by Crippen LogP contribution is 2.29. The summed E-state index contributed by atoms with van der Waals surface area (Å²) in [6.45, 7) is 2.22. The number of rotatable bonds is 3. The van der Waals surface area contributed by atoms with Crippen LogP contribution in [0.2, 0.25) is 0 Å². The summed E-state index contributed by atoms with van der Waals surface area (Å²) < 4.78 is 40.1. The first-order valence-electron chi connectivity index (χ1n) is 8.30. The van der Waals surface area contributed by atoms with Gasteiger partial charge >= 0.3 is 12.1 Å². The molecule has 0 bridgehead atoms. The molecule has 28 heavy (non-hydrogen) atoms. The van der Waals surface area contributed by atoms with Crippen molar-refractivity contribution < 1.29 is 27.9 Å². The molecular weight excluding hydrogens is 381 g/mol. The highest BCUT2D eigenvalue weighted by atomic mass is 19.4. The molecule has 1 saturated heterocycles. The number of piperazine rings is 1. The Kier molecular flexibility index (Phi) is 4.96. The summed E-state index contributed by atoms with van der Waals surface area (Å²) in [5.74, 6) is -1.86. The minimum Gasteiger partial charge on any atom is -0.478 e. The fraction of sp³-hybridized carbons (Fsp3) is 0.438. The summed E-state index contributed by atoms with van der Waals surface area (Å²) in [6.07, 6.45) is -3.34. The van der Waals surface area contributed by atoms with Gasteiger partial charge in [-0.25, -0.2) is 14.8 Å². The van der Waals surface area contributed by atoms with Crippen molar-refractivity contribution in [1.29, 1.82) is 0 Å². The van der Waals surface area contributed by atoms with Crippen LogP contribution in [0.4, 0.5) is 19.1 Å². The van der Waals surface area contributed by atoms with Crippen LogP contribution in [0.15, 0.2) is 12.3 Å². The maximum Gasteiger partial charge on any atom is 0.433 e. The highest BCUT2D eigenvalue weighted by molar-refractivity contribution is 6.03. The second kappa shape index (κ2) is 7.09. The Morgan fingerprint density at radius 1 is 1.14 bits per heavy atom. The summed E-state index contributed by atoms with van der Waals surface area (Å²) in [5.41, 5.74) is -1.20. The molecule has 0 unspecified atom stereocenters. The van der Waals surface area contributed by atoms with Crippen LogP contribution in [-0.4, -0.2) is 67.8 Å². The van der Waals surface area contributed by atoms with Crippen LogP contribution in [-0.2, 0) is 13.2 Å². The Bertz CT molecular complexity index is 919. The van der Waals surface area contributed by atoms with E-state index in [-0.39, 0.29) is 49.1 Å². The van der Waals surface area contributed by atoms with E-state index in [1.807, 2.05) is 0 Å². The smallest absolute Gasteiger partial charge is 0.433 e. The van der Waals surface area contributed by atoms with Gasteiger partial charge in [0.25, 0.3) is 5.91 Å². The SMILES string of the molecule is Cc1cc(C(F)(F)F)nc(N2CCN(C(=O)c3nn(C)cc3C(=O)O)CC2)n1. The minimum atomic E-state index is -4.58. The van der Waals surface area contributed by atoms with Gasteiger partial charge < -0.3 is 14.9 Å². The Labute approximate surface area is 157 Å². The third-order valence-electron chi connectivity index (χ3n) is 4.24. The molecule has 12 heteroatoms. The lowest BCUT2D eigenvalue weighted by molar-refractivity contribution is -0.141. The molecule has 1 aliphatic rings. The lowest BCUT2D eigenvalue weighted by Gasteiger charge is -2.34. The van der Waals surface area contributed by atoms with Crippen LogP contribution in [0.25, 0.3) is 0 Å². The molecule has 1 aliphatic heterocycles. The molecule has 150 valence electrons. The number of alkyl halides is 3. The maximum absolute atomic E-state index is 13.0. The van der Waals surface area contributed by atoms with Crippen molar-refractivity contribution in [2.45, 2.75) is 13.1 Å². The van der Waals surface area contributed by atoms with Crippen molar-refractivity contribution in [3.63, 3.8) is 0 Å². The molecule has 0 atom stereocenters. The molecule has 2 aromatic rings. The molecule has 2 aromatic heterocycles. The molecule has 0 saturated carbocycles. The predicted molar refractivity (Wildman–Crippen MR) is 90.1 cm³/mol. The topological polar surface area (TPSA) is 104 Å². The quantitative estimate of drug-likeness (QED) is 0.828. The second-order valence-corrected chi connectivity index (χ2v) is 6.34. The first-order valence-corrected chi connectivity index (χ1v) is 8.30. The van der Waals surface area contributed by atoms with Crippen LogP contribution in [0.1, 0.15) is 32.2 Å². The van der Waals surface area contributed by atoms with E-state index in [4.69, 9.17) is 0 Å². The van der Waals surface area contributed by atoms with E-state index >= 15 is 0 Å². The first-order chi connectivity index (χ1) is 13.1. The average molecular weight is 398 g/mol. The Morgan fingerprint density at radius 3 is 2.36 bits per heavy atom. The fourth-order valence-corrected chi connectivity index (χ4v) is 2.90. The third-order valence-corrected chi connectivity index (χ3v) is 4.24. The van der Waals surface area contributed by atoms with Gasteiger partial charge in [0.05, 0.1) is 0 Å². The van der Waals surface area contributed by atoms with E-state index in [1.165, 1.54) is 29.7 Å². The number of halogens is 3. The lowest BCUT2D eigenvalue weighted by atomic mass is 10.2. The number of anilines is 1. The van der Waals surface area contributed by atoms with Gasteiger partial charge in [-0.15, -0.1) is 0 Å². The van der Waals surface area contributed by atoms with Gasteiger partial charge in [-0.05, 0) is 13.0 Å². The summed E-state index contributed by atoms with van der Waals surface area (Å²) in [7, 11) is 1.51. The monoisotopic (exact) mass is 398 g/mol. The van der Waals surface area contributed by atoms with Crippen molar-refractivity contribution in [2.75, 3.05) is 31.1 Å². The zero-order valence-electron chi connectivity index (χ0n) is 15.1. The predicted octanol–water partition coefficient (Wildman–Crippen LogP) is 1.20. The van der Waals surface area contributed by atoms with E-state index in [0.29, 0.717) is 0 Å². The second-order valence-electron chi connectivity index (χ2n) is 6.34. The number of carboxylic acids is 1. The molecule has 0 aromatic carbocycles. The van der Waals surface area contributed by atoms with Gasteiger partial charge in [0.1, 0.15) is 11.3 Å². The van der Waals surface area contributed by atoms with E-state index < -0.39 is 23.7 Å². The van der Waals surface area contributed by atoms with Crippen molar-refractivity contribution in [2.24, 2.45) is 7.05 Å². The zero-order valence-corrected chi connectivity index (χ0v) is 15.1. The number of aromatic carboxylic acids is 1. The summed E-state index contributed by atoms with van der Waals surface area (Å²) in [5, 5.41) is 13.1. The van der Waals surface area contributed by atoms with Crippen molar-refractivity contribution in [3.8, 4) is 0 Å². The normalized spacial score (nSPS) is 15.0. The van der Waals surface area contributed by atoms with Gasteiger partial charge in [-0.3, -0.25) is 9.48 Å². The number of nitrogens with zero attached hydrogens (tertiary/aromatic N) is 6. The Balaban J connectivity index is 1.74. The van der Waals surface area contributed by atoms with Gasteiger partial charge in [-0.2, -0.15) is 18.3 Å². The largest absolute Gasteiger partial charge is 0.478 e. The van der Waals surface area contributed by atoms with Crippen LogP contribution in [0.5, 0.6) is 0 Å².